The average Bonchev–Trinajstić information content (AvgIpc) is 2.85. The van der Waals surface area contributed by atoms with E-state index in [0.717, 1.165) is 47.9 Å². The molecule has 3 aromatic rings. The Hall–Kier alpha value is -2.97. The van der Waals surface area contributed by atoms with Crippen LogP contribution in [0.1, 0.15) is 69.6 Å². The van der Waals surface area contributed by atoms with E-state index in [4.69, 9.17) is 10.5 Å². The summed E-state index contributed by atoms with van der Waals surface area (Å²) in [4.78, 5) is 9.47. The molecule has 3 N–H and O–H groups in total. The molecule has 2 fully saturated rings. The molecule has 2 saturated carbocycles. The van der Waals surface area contributed by atoms with Gasteiger partial charge in [-0.05, 0) is 110 Å². The van der Waals surface area contributed by atoms with Gasteiger partial charge in [0.25, 0.3) is 10.0 Å². The van der Waals surface area contributed by atoms with E-state index in [-0.39, 0.29) is 22.2 Å². The summed E-state index contributed by atoms with van der Waals surface area (Å²) in [5, 5.41) is 0. The van der Waals surface area contributed by atoms with Crippen molar-refractivity contribution in [3.05, 3.63) is 65.2 Å². The lowest BCUT2D eigenvalue weighted by atomic mass is 9.46. The number of aryl methyl sites for hydroxylation is 2. The molecule has 0 radical (unpaired) electrons. The van der Waals surface area contributed by atoms with Crippen LogP contribution in [0.15, 0.2) is 53.4 Å². The van der Waals surface area contributed by atoms with Gasteiger partial charge in [0.05, 0.1) is 17.2 Å². The summed E-state index contributed by atoms with van der Waals surface area (Å²) in [5.74, 6) is 1.60. The number of anilines is 1. The third-order valence-corrected chi connectivity index (χ3v) is 11.0. The lowest BCUT2D eigenvalue weighted by Gasteiger charge is -2.59. The molecule has 0 amide bonds. The normalized spacial score (nSPS) is 28.6. The van der Waals surface area contributed by atoms with E-state index in [1.54, 1.807) is 6.07 Å². The van der Waals surface area contributed by atoms with Crippen LogP contribution in [0.2, 0.25) is 0 Å². The van der Waals surface area contributed by atoms with Crippen LogP contribution in [0.3, 0.4) is 0 Å². The highest BCUT2D eigenvalue weighted by atomic mass is 32.2. The monoisotopic (exact) mass is 588 g/mol. The van der Waals surface area contributed by atoms with Crippen LogP contribution in [0.25, 0.3) is 11.3 Å². The number of hydrogen-bond donors (Lipinski definition) is 2. The molecule has 0 saturated heterocycles. The molecule has 4 bridgehead atoms. The van der Waals surface area contributed by atoms with Gasteiger partial charge in [0.2, 0.25) is 11.8 Å². The van der Waals surface area contributed by atoms with Crippen molar-refractivity contribution in [1.29, 1.82) is 0 Å². The Kier molecular flexibility index (Phi) is 7.37. The quantitative estimate of drug-likeness (QED) is 0.353. The second-order valence-corrected chi connectivity index (χ2v) is 16.2. The molecule has 3 aliphatic rings. The zero-order valence-electron chi connectivity index (χ0n) is 25.5. The van der Waals surface area contributed by atoms with E-state index in [9.17, 15) is 8.42 Å². The summed E-state index contributed by atoms with van der Waals surface area (Å²) in [6.07, 6.45) is 6.46. The first-order valence-corrected chi connectivity index (χ1v) is 16.7. The minimum atomic E-state index is -3.91. The van der Waals surface area contributed by atoms with Crippen molar-refractivity contribution in [2.24, 2.45) is 34.3 Å². The molecule has 2 atom stereocenters. The summed E-state index contributed by atoms with van der Waals surface area (Å²) in [6.45, 7) is 11.5. The van der Waals surface area contributed by atoms with E-state index < -0.39 is 10.0 Å². The molecule has 2 heterocycles. The van der Waals surface area contributed by atoms with Crippen molar-refractivity contribution in [2.45, 2.75) is 84.1 Å². The van der Waals surface area contributed by atoms with Crippen LogP contribution in [0.5, 0.6) is 5.88 Å². The van der Waals surface area contributed by atoms with Gasteiger partial charge in [0, 0.05) is 17.7 Å². The van der Waals surface area contributed by atoms with Crippen LogP contribution in [-0.4, -0.2) is 31.0 Å². The van der Waals surface area contributed by atoms with Crippen LogP contribution in [0, 0.1) is 42.4 Å². The average molecular weight is 589 g/mol. The highest BCUT2D eigenvalue weighted by molar-refractivity contribution is 7.92. The summed E-state index contributed by atoms with van der Waals surface area (Å²) < 4.78 is 36.4. The third kappa shape index (κ3) is 5.93. The fourth-order valence-corrected chi connectivity index (χ4v) is 8.97. The number of fused-ring (bicyclic) bond motifs is 4. The Morgan fingerprint density at radius 1 is 1.00 bits per heavy atom. The predicted octanol–water partition coefficient (Wildman–Crippen LogP) is 6.68. The van der Waals surface area contributed by atoms with Crippen molar-refractivity contribution in [3.8, 4) is 17.1 Å². The first-order chi connectivity index (χ1) is 19.8. The molecule has 224 valence electrons. The van der Waals surface area contributed by atoms with Crippen molar-refractivity contribution in [1.82, 2.24) is 9.97 Å². The summed E-state index contributed by atoms with van der Waals surface area (Å²) in [6, 6.07) is 15.7. The Balaban J connectivity index is 1.43. The maximum absolute atomic E-state index is 13.6. The van der Waals surface area contributed by atoms with Gasteiger partial charge in [-0.25, -0.2) is 18.1 Å². The Bertz CT molecular complexity index is 1560. The minimum absolute atomic E-state index is 0.0148. The molecular formula is C34H44N4O3S. The largest absolute Gasteiger partial charge is 0.477 e. The van der Waals surface area contributed by atoms with E-state index in [0.29, 0.717) is 41.5 Å². The number of hydrogen-bond acceptors (Lipinski definition) is 6. The van der Waals surface area contributed by atoms with Gasteiger partial charge in [-0.3, -0.25) is 0 Å². The minimum Gasteiger partial charge on any atom is -0.477 e. The van der Waals surface area contributed by atoms with E-state index in [1.807, 2.05) is 50.2 Å². The Labute approximate surface area is 250 Å². The standard InChI is InChI=1S/C34H44N4O3S/c1-21-8-6-9-22(2)31(21)29-14-30-37-32(36-29)38-42(39,40)27-11-7-10-23(12-27)13-28(25(20-41-30)15-33(3,4)5)24-16-34(17-24)18-26(35)19-34/h6-12,14,24-26,28H,13,15-20,35H2,1-5H3,(H,36,37,38)/t24?,25-,26?,28?,34?/m1/s1. The van der Waals surface area contributed by atoms with E-state index >= 15 is 0 Å². The van der Waals surface area contributed by atoms with Crippen molar-refractivity contribution in [2.75, 3.05) is 11.3 Å². The number of sulfonamides is 1. The second-order valence-electron chi connectivity index (χ2n) is 14.5. The van der Waals surface area contributed by atoms with Crippen LogP contribution < -0.4 is 15.2 Å². The molecule has 1 unspecified atom stereocenters. The number of nitrogens with zero attached hydrogens (tertiary/aromatic N) is 2. The molecule has 8 heteroatoms. The zero-order chi connectivity index (χ0) is 29.9. The van der Waals surface area contributed by atoms with Crippen LogP contribution in [-0.2, 0) is 16.4 Å². The smallest absolute Gasteiger partial charge is 0.264 e. The molecular weight excluding hydrogens is 544 g/mol. The lowest BCUT2D eigenvalue weighted by molar-refractivity contribution is -0.0795. The molecule has 1 aliphatic heterocycles. The van der Waals surface area contributed by atoms with Gasteiger partial charge < -0.3 is 10.5 Å². The van der Waals surface area contributed by atoms with Gasteiger partial charge in [-0.15, -0.1) is 0 Å². The number of rotatable bonds is 3. The number of ether oxygens (including phenoxy) is 1. The van der Waals surface area contributed by atoms with Gasteiger partial charge in [0.1, 0.15) is 0 Å². The lowest BCUT2D eigenvalue weighted by Crippen LogP contribution is -2.55. The Morgan fingerprint density at radius 3 is 2.36 bits per heavy atom. The van der Waals surface area contributed by atoms with E-state index in [1.165, 1.54) is 12.8 Å². The fourth-order valence-electron chi connectivity index (χ4n) is 7.95. The SMILES string of the molecule is Cc1cccc(C)c1-c1cc2nc(n1)NS(=O)(=O)c1cccc(c1)CC(C1CC3(CC(N)C3)C1)[C@H](CC(C)(C)C)CO2. The number of nitrogens with two attached hydrogens (primary N) is 1. The van der Waals surface area contributed by atoms with Crippen molar-refractivity contribution >= 4 is 16.0 Å². The molecule has 2 aromatic carbocycles. The third-order valence-electron chi connectivity index (χ3n) is 9.66. The van der Waals surface area contributed by atoms with Gasteiger partial charge in [-0.1, -0.05) is 51.1 Å². The van der Waals surface area contributed by atoms with Crippen molar-refractivity contribution in [3.63, 3.8) is 0 Å². The molecule has 7 nitrogen and oxygen atoms in total. The highest BCUT2D eigenvalue weighted by Gasteiger charge is 2.54. The van der Waals surface area contributed by atoms with Crippen LogP contribution in [0.4, 0.5) is 5.95 Å². The van der Waals surface area contributed by atoms with Crippen molar-refractivity contribution < 1.29 is 13.2 Å². The maximum Gasteiger partial charge on any atom is 0.264 e. The second kappa shape index (κ2) is 10.6. The first kappa shape index (κ1) is 29.1. The fraction of sp³-hybridized carbons (Fsp3) is 0.529. The van der Waals surface area contributed by atoms with E-state index in [2.05, 4.69) is 41.5 Å². The summed E-state index contributed by atoms with van der Waals surface area (Å²) >= 11 is 0. The number of aromatic nitrogens is 2. The summed E-state index contributed by atoms with van der Waals surface area (Å²) in [5.41, 5.74) is 11.5. The van der Waals surface area contributed by atoms with Crippen LogP contribution >= 0.6 is 0 Å². The number of nitrogens with one attached hydrogen (secondary N) is 1. The predicted molar refractivity (Wildman–Crippen MR) is 167 cm³/mol. The molecule has 1 spiro atoms. The molecule has 2 aliphatic carbocycles. The zero-order valence-corrected chi connectivity index (χ0v) is 26.3. The summed E-state index contributed by atoms with van der Waals surface area (Å²) in [7, 11) is -3.91. The molecule has 1 aromatic heterocycles. The van der Waals surface area contributed by atoms with Gasteiger partial charge in [0.15, 0.2) is 0 Å². The number of benzene rings is 2. The Morgan fingerprint density at radius 2 is 1.69 bits per heavy atom. The van der Waals surface area contributed by atoms with Gasteiger partial charge >= 0.3 is 0 Å². The molecule has 42 heavy (non-hydrogen) atoms. The van der Waals surface area contributed by atoms with Gasteiger partial charge in [-0.2, -0.15) is 4.98 Å². The molecule has 6 rings (SSSR count). The first-order valence-electron chi connectivity index (χ1n) is 15.3. The topological polar surface area (TPSA) is 107 Å². The maximum atomic E-state index is 13.6. The highest BCUT2D eigenvalue weighted by Crippen LogP contribution is 2.61.